The number of unbranched alkanes of at least 4 members (excludes halogenated alkanes) is 7. The first kappa shape index (κ1) is 16.2. The highest BCUT2D eigenvalue weighted by molar-refractivity contribution is 4.95. The molecule has 4 heteroatoms. The summed E-state index contributed by atoms with van der Waals surface area (Å²) in [6.07, 6.45) is 11.8. The molecule has 1 aromatic heterocycles. The van der Waals surface area contributed by atoms with Crippen molar-refractivity contribution >= 4 is 0 Å². The number of hydrogen-bond donors (Lipinski definition) is 1. The molecule has 0 bridgehead atoms. The van der Waals surface area contributed by atoms with Crippen LogP contribution in [0, 0.1) is 0 Å². The molecule has 19 heavy (non-hydrogen) atoms. The standard InChI is InChI=1S/C15H30N4/c1-3-5-6-7-8-9-10-11-12-14-17-18-15(13-16)19(14)4-2/h3-13,16H2,1-2H3. The van der Waals surface area contributed by atoms with Gasteiger partial charge in [-0.1, -0.05) is 51.9 Å². The first-order chi connectivity index (χ1) is 9.33. The topological polar surface area (TPSA) is 56.7 Å². The maximum atomic E-state index is 5.65. The summed E-state index contributed by atoms with van der Waals surface area (Å²) < 4.78 is 2.15. The van der Waals surface area contributed by atoms with Crippen LogP contribution in [0.2, 0.25) is 0 Å². The molecule has 0 saturated heterocycles. The second-order valence-corrected chi connectivity index (χ2v) is 5.21. The fraction of sp³-hybridized carbons (Fsp3) is 0.867. The smallest absolute Gasteiger partial charge is 0.146 e. The second-order valence-electron chi connectivity index (χ2n) is 5.21. The molecule has 0 aromatic carbocycles. The molecule has 0 fully saturated rings. The zero-order valence-electron chi connectivity index (χ0n) is 12.7. The predicted molar refractivity (Wildman–Crippen MR) is 79.9 cm³/mol. The summed E-state index contributed by atoms with van der Waals surface area (Å²) in [5.74, 6) is 2.02. The molecular weight excluding hydrogens is 236 g/mol. The van der Waals surface area contributed by atoms with E-state index < -0.39 is 0 Å². The molecule has 0 aliphatic rings. The number of nitrogens with zero attached hydrogens (tertiary/aromatic N) is 3. The number of aryl methyl sites for hydroxylation is 1. The van der Waals surface area contributed by atoms with Crippen LogP contribution in [-0.2, 0) is 19.5 Å². The minimum absolute atomic E-state index is 0.484. The molecule has 1 rings (SSSR count). The Hall–Kier alpha value is -0.900. The Balaban J connectivity index is 2.14. The highest BCUT2D eigenvalue weighted by atomic mass is 15.3. The molecule has 0 saturated carbocycles. The van der Waals surface area contributed by atoms with E-state index in [1.54, 1.807) is 0 Å². The summed E-state index contributed by atoms with van der Waals surface area (Å²) in [5.41, 5.74) is 5.65. The van der Waals surface area contributed by atoms with Crippen molar-refractivity contribution in [1.29, 1.82) is 0 Å². The largest absolute Gasteiger partial charge is 0.324 e. The zero-order chi connectivity index (χ0) is 13.9. The molecule has 110 valence electrons. The van der Waals surface area contributed by atoms with E-state index in [0.717, 1.165) is 24.6 Å². The lowest BCUT2D eigenvalue weighted by atomic mass is 10.1. The van der Waals surface area contributed by atoms with Crippen molar-refractivity contribution in [2.45, 2.75) is 84.7 Å². The molecule has 0 unspecified atom stereocenters. The summed E-state index contributed by atoms with van der Waals surface area (Å²) in [6.45, 7) is 5.80. The van der Waals surface area contributed by atoms with Gasteiger partial charge in [-0.2, -0.15) is 0 Å². The van der Waals surface area contributed by atoms with E-state index in [2.05, 4.69) is 28.6 Å². The normalized spacial score (nSPS) is 11.1. The van der Waals surface area contributed by atoms with E-state index in [1.165, 1.54) is 51.4 Å². The van der Waals surface area contributed by atoms with Crippen LogP contribution in [0.5, 0.6) is 0 Å². The maximum absolute atomic E-state index is 5.65. The van der Waals surface area contributed by atoms with Crippen molar-refractivity contribution in [3.8, 4) is 0 Å². The highest BCUT2D eigenvalue weighted by Crippen LogP contribution is 2.11. The maximum Gasteiger partial charge on any atom is 0.146 e. The van der Waals surface area contributed by atoms with Crippen LogP contribution in [0.1, 0.15) is 76.9 Å². The van der Waals surface area contributed by atoms with Crippen molar-refractivity contribution in [2.75, 3.05) is 0 Å². The van der Waals surface area contributed by atoms with Crippen LogP contribution in [0.15, 0.2) is 0 Å². The van der Waals surface area contributed by atoms with Gasteiger partial charge in [-0.3, -0.25) is 0 Å². The number of aromatic nitrogens is 3. The predicted octanol–water partition coefficient (Wildman–Crippen LogP) is 3.44. The fourth-order valence-electron chi connectivity index (χ4n) is 2.49. The van der Waals surface area contributed by atoms with Gasteiger partial charge in [-0.15, -0.1) is 10.2 Å². The van der Waals surface area contributed by atoms with Crippen LogP contribution >= 0.6 is 0 Å². The third-order valence-corrected chi connectivity index (χ3v) is 3.66. The lowest BCUT2D eigenvalue weighted by Gasteiger charge is -2.06. The van der Waals surface area contributed by atoms with Gasteiger partial charge in [0, 0.05) is 13.0 Å². The van der Waals surface area contributed by atoms with Gasteiger partial charge in [-0.05, 0) is 13.3 Å². The molecule has 1 aromatic rings. The monoisotopic (exact) mass is 266 g/mol. The van der Waals surface area contributed by atoms with Gasteiger partial charge in [0.1, 0.15) is 11.6 Å². The van der Waals surface area contributed by atoms with Crippen LogP contribution in [0.4, 0.5) is 0 Å². The second kappa shape index (κ2) is 9.96. The fourth-order valence-corrected chi connectivity index (χ4v) is 2.49. The summed E-state index contributed by atoms with van der Waals surface area (Å²) >= 11 is 0. The van der Waals surface area contributed by atoms with E-state index in [9.17, 15) is 0 Å². The highest BCUT2D eigenvalue weighted by Gasteiger charge is 2.08. The van der Waals surface area contributed by atoms with Crippen molar-refractivity contribution in [2.24, 2.45) is 5.73 Å². The Bertz CT molecular complexity index is 333. The molecule has 0 radical (unpaired) electrons. The molecule has 2 N–H and O–H groups in total. The van der Waals surface area contributed by atoms with Gasteiger partial charge < -0.3 is 10.3 Å². The Morgan fingerprint density at radius 2 is 1.42 bits per heavy atom. The van der Waals surface area contributed by atoms with Crippen LogP contribution in [0.3, 0.4) is 0 Å². The Morgan fingerprint density at radius 1 is 0.842 bits per heavy atom. The Kier molecular flexibility index (Phi) is 8.47. The van der Waals surface area contributed by atoms with Crippen LogP contribution < -0.4 is 5.73 Å². The summed E-state index contributed by atoms with van der Waals surface area (Å²) in [6, 6.07) is 0. The zero-order valence-corrected chi connectivity index (χ0v) is 12.7. The minimum atomic E-state index is 0.484. The van der Waals surface area contributed by atoms with Gasteiger partial charge in [0.25, 0.3) is 0 Å². The van der Waals surface area contributed by atoms with Gasteiger partial charge in [-0.25, -0.2) is 0 Å². The Morgan fingerprint density at radius 3 is 2.00 bits per heavy atom. The average molecular weight is 266 g/mol. The molecule has 0 spiro atoms. The van der Waals surface area contributed by atoms with Gasteiger partial charge in [0.15, 0.2) is 0 Å². The molecule has 4 nitrogen and oxygen atoms in total. The van der Waals surface area contributed by atoms with Crippen molar-refractivity contribution in [1.82, 2.24) is 14.8 Å². The lowest BCUT2D eigenvalue weighted by molar-refractivity contribution is 0.563. The molecule has 0 aliphatic heterocycles. The van der Waals surface area contributed by atoms with Gasteiger partial charge in [0.05, 0.1) is 6.54 Å². The Labute approximate surface area is 117 Å². The summed E-state index contributed by atoms with van der Waals surface area (Å²) in [4.78, 5) is 0. The van der Waals surface area contributed by atoms with E-state index >= 15 is 0 Å². The number of rotatable bonds is 11. The third-order valence-electron chi connectivity index (χ3n) is 3.66. The lowest BCUT2D eigenvalue weighted by Crippen LogP contribution is -2.09. The number of nitrogens with two attached hydrogens (primary N) is 1. The molecule has 0 aliphatic carbocycles. The average Bonchev–Trinajstić information content (AvgIpc) is 2.83. The molecule has 1 heterocycles. The summed E-state index contributed by atoms with van der Waals surface area (Å²) in [7, 11) is 0. The van der Waals surface area contributed by atoms with E-state index in [1.807, 2.05) is 0 Å². The van der Waals surface area contributed by atoms with Crippen LogP contribution in [0.25, 0.3) is 0 Å². The van der Waals surface area contributed by atoms with Crippen molar-refractivity contribution in [3.63, 3.8) is 0 Å². The summed E-state index contributed by atoms with van der Waals surface area (Å²) in [5, 5.41) is 8.39. The van der Waals surface area contributed by atoms with E-state index in [0.29, 0.717) is 6.54 Å². The van der Waals surface area contributed by atoms with Crippen molar-refractivity contribution < 1.29 is 0 Å². The quantitative estimate of drug-likeness (QED) is 0.624. The molecule has 0 atom stereocenters. The first-order valence-corrected chi connectivity index (χ1v) is 7.94. The SMILES string of the molecule is CCCCCCCCCCc1nnc(CN)n1CC. The van der Waals surface area contributed by atoms with Gasteiger partial charge in [0.2, 0.25) is 0 Å². The number of hydrogen-bond acceptors (Lipinski definition) is 3. The van der Waals surface area contributed by atoms with E-state index in [-0.39, 0.29) is 0 Å². The van der Waals surface area contributed by atoms with Gasteiger partial charge >= 0.3 is 0 Å². The van der Waals surface area contributed by atoms with Crippen molar-refractivity contribution in [3.05, 3.63) is 11.6 Å². The van der Waals surface area contributed by atoms with E-state index in [4.69, 9.17) is 5.73 Å². The third kappa shape index (κ3) is 5.72. The first-order valence-electron chi connectivity index (χ1n) is 7.94. The molecule has 0 amide bonds. The molecular formula is C15H30N4. The van der Waals surface area contributed by atoms with Crippen LogP contribution in [-0.4, -0.2) is 14.8 Å². The minimum Gasteiger partial charge on any atom is -0.324 e.